The van der Waals surface area contributed by atoms with Gasteiger partial charge in [-0.05, 0) is 12.5 Å². The predicted octanol–water partition coefficient (Wildman–Crippen LogP) is 4.37. The van der Waals surface area contributed by atoms with Crippen LogP contribution in [0.1, 0.15) is 60.1 Å². The Bertz CT molecular complexity index is 413. The molecule has 108 valence electrons. The first-order valence-corrected chi connectivity index (χ1v) is 7.19. The predicted molar refractivity (Wildman–Crippen MR) is 79.5 cm³/mol. The van der Waals surface area contributed by atoms with Crippen molar-refractivity contribution in [1.82, 2.24) is 0 Å². The molecule has 0 saturated heterocycles. The molecule has 19 heavy (non-hydrogen) atoms. The molecule has 1 heterocycles. The molecule has 0 aromatic carbocycles. The number of hydrogen-bond acceptors (Lipinski definition) is 2. The third kappa shape index (κ3) is 4.12. The minimum absolute atomic E-state index is 0.0138. The van der Waals surface area contributed by atoms with Crippen molar-refractivity contribution >= 4 is 11.8 Å². The average molecular weight is 265 g/mol. The summed E-state index contributed by atoms with van der Waals surface area (Å²) < 4.78 is 5.88. The van der Waals surface area contributed by atoms with Crippen LogP contribution in [0.25, 0.3) is 0 Å². The second-order valence-corrected chi connectivity index (χ2v) is 6.39. The molecule has 1 aromatic heterocycles. The molecule has 0 radical (unpaired) electrons. The third-order valence-corrected chi connectivity index (χ3v) is 3.09. The molecule has 3 nitrogen and oxygen atoms in total. The first-order valence-electron chi connectivity index (χ1n) is 7.19. The van der Waals surface area contributed by atoms with E-state index in [0.29, 0.717) is 5.88 Å². The number of carbonyl (C=O) groups excluding carboxylic acids is 1. The van der Waals surface area contributed by atoms with Gasteiger partial charge in [0.15, 0.2) is 0 Å². The quantitative estimate of drug-likeness (QED) is 0.792. The van der Waals surface area contributed by atoms with E-state index in [2.05, 4.69) is 27.7 Å². The number of amides is 1. The van der Waals surface area contributed by atoms with Gasteiger partial charge in [-0.3, -0.25) is 9.69 Å². The number of hydrogen-bond donors (Lipinski definition) is 0. The van der Waals surface area contributed by atoms with Crippen LogP contribution in [0.2, 0.25) is 0 Å². The topological polar surface area (TPSA) is 33.5 Å². The van der Waals surface area contributed by atoms with E-state index in [4.69, 9.17) is 4.42 Å². The van der Waals surface area contributed by atoms with E-state index < -0.39 is 0 Å². The van der Waals surface area contributed by atoms with Crippen molar-refractivity contribution in [2.24, 2.45) is 5.92 Å². The molecule has 0 atom stereocenters. The van der Waals surface area contributed by atoms with Crippen molar-refractivity contribution < 1.29 is 9.21 Å². The molecule has 0 N–H and O–H groups in total. The highest BCUT2D eigenvalue weighted by molar-refractivity contribution is 5.93. The van der Waals surface area contributed by atoms with Gasteiger partial charge in [0, 0.05) is 23.9 Å². The summed E-state index contributed by atoms with van der Waals surface area (Å²) in [6.45, 7) is 13.0. The smallest absolute Gasteiger partial charge is 0.231 e. The molecule has 0 spiro atoms. The van der Waals surface area contributed by atoms with Crippen LogP contribution < -0.4 is 4.90 Å². The molecule has 1 amide bonds. The molecule has 0 aliphatic carbocycles. The van der Waals surface area contributed by atoms with E-state index in [-0.39, 0.29) is 17.2 Å². The highest BCUT2D eigenvalue weighted by atomic mass is 16.4. The lowest BCUT2D eigenvalue weighted by Crippen LogP contribution is -2.34. The Kier molecular flexibility index (Phi) is 5.21. The third-order valence-electron chi connectivity index (χ3n) is 3.09. The number of unbranched alkanes of at least 4 members (excludes halogenated alkanes) is 1. The van der Waals surface area contributed by atoms with Crippen LogP contribution in [0.4, 0.5) is 5.88 Å². The summed E-state index contributed by atoms with van der Waals surface area (Å²) in [5.74, 6) is 1.71. The van der Waals surface area contributed by atoms with Crippen LogP contribution >= 0.6 is 0 Å². The fraction of sp³-hybridized carbons (Fsp3) is 0.688. The van der Waals surface area contributed by atoms with Gasteiger partial charge in [0.05, 0.1) is 0 Å². The Hall–Kier alpha value is -1.25. The van der Waals surface area contributed by atoms with Gasteiger partial charge in [0.2, 0.25) is 11.8 Å². The van der Waals surface area contributed by atoms with Crippen LogP contribution in [0.3, 0.4) is 0 Å². The number of rotatable bonds is 5. The van der Waals surface area contributed by atoms with E-state index in [1.807, 2.05) is 26.0 Å². The molecule has 0 unspecified atom stereocenters. The zero-order chi connectivity index (χ0) is 14.6. The minimum atomic E-state index is -0.0322. The average Bonchev–Trinajstić information content (AvgIpc) is 2.78. The van der Waals surface area contributed by atoms with Crippen molar-refractivity contribution in [3.63, 3.8) is 0 Å². The van der Waals surface area contributed by atoms with Crippen LogP contribution in [-0.4, -0.2) is 12.5 Å². The summed E-state index contributed by atoms with van der Waals surface area (Å²) in [6.07, 6.45) is 2.05. The van der Waals surface area contributed by atoms with Crippen molar-refractivity contribution in [1.29, 1.82) is 0 Å². The van der Waals surface area contributed by atoms with Gasteiger partial charge in [0.25, 0.3) is 0 Å². The minimum Gasteiger partial charge on any atom is -0.445 e. The number of anilines is 1. The van der Waals surface area contributed by atoms with Gasteiger partial charge in [-0.25, -0.2) is 0 Å². The molecule has 0 bridgehead atoms. The molecule has 0 fully saturated rings. The number of nitrogens with zero attached hydrogens (tertiary/aromatic N) is 1. The molecule has 0 saturated carbocycles. The summed E-state index contributed by atoms with van der Waals surface area (Å²) in [5.41, 5.74) is -0.0322. The lowest BCUT2D eigenvalue weighted by molar-refractivity contribution is -0.121. The second kappa shape index (κ2) is 6.27. The fourth-order valence-corrected chi connectivity index (χ4v) is 1.83. The van der Waals surface area contributed by atoms with E-state index in [1.165, 1.54) is 0 Å². The van der Waals surface area contributed by atoms with Crippen molar-refractivity contribution in [2.45, 2.75) is 59.8 Å². The van der Waals surface area contributed by atoms with Gasteiger partial charge >= 0.3 is 0 Å². The SMILES string of the molecule is CCCCN(C(=O)C(C)C)c1ccc(C(C)(C)C)o1. The first kappa shape index (κ1) is 15.8. The van der Waals surface area contributed by atoms with Crippen molar-refractivity contribution in [3.8, 4) is 0 Å². The molecule has 0 aliphatic heterocycles. The van der Waals surface area contributed by atoms with Gasteiger partial charge < -0.3 is 4.42 Å². The Labute approximate surface area is 117 Å². The Morgan fingerprint density at radius 2 is 1.95 bits per heavy atom. The molecule has 0 aliphatic rings. The monoisotopic (exact) mass is 265 g/mol. The number of carbonyl (C=O) groups is 1. The Balaban J connectivity index is 2.97. The maximum atomic E-state index is 12.3. The van der Waals surface area contributed by atoms with E-state index in [0.717, 1.165) is 25.1 Å². The molecular weight excluding hydrogens is 238 g/mol. The lowest BCUT2D eigenvalue weighted by atomic mass is 9.94. The normalized spacial score (nSPS) is 11.9. The van der Waals surface area contributed by atoms with E-state index in [1.54, 1.807) is 4.90 Å². The maximum absolute atomic E-state index is 12.3. The highest BCUT2D eigenvalue weighted by Crippen LogP contribution is 2.29. The zero-order valence-corrected chi connectivity index (χ0v) is 13.1. The molecule has 1 aromatic rings. The van der Waals surface area contributed by atoms with Gasteiger partial charge in [0.1, 0.15) is 5.76 Å². The second-order valence-electron chi connectivity index (χ2n) is 6.39. The summed E-state index contributed by atoms with van der Waals surface area (Å²) >= 11 is 0. The van der Waals surface area contributed by atoms with E-state index >= 15 is 0 Å². The van der Waals surface area contributed by atoms with E-state index in [9.17, 15) is 4.79 Å². The van der Waals surface area contributed by atoms with Crippen molar-refractivity contribution in [2.75, 3.05) is 11.4 Å². The standard InChI is InChI=1S/C16H27NO2/c1-7-8-11-17(15(18)12(2)3)14-10-9-13(19-14)16(4,5)6/h9-10,12H,7-8,11H2,1-6H3. The zero-order valence-electron chi connectivity index (χ0n) is 13.1. The van der Waals surface area contributed by atoms with Gasteiger partial charge in [-0.2, -0.15) is 0 Å². The first-order chi connectivity index (χ1) is 8.77. The van der Waals surface area contributed by atoms with Crippen LogP contribution in [0.15, 0.2) is 16.5 Å². The number of furan rings is 1. The molecular formula is C16H27NO2. The maximum Gasteiger partial charge on any atom is 0.231 e. The Morgan fingerprint density at radius 3 is 2.37 bits per heavy atom. The summed E-state index contributed by atoms with van der Waals surface area (Å²) in [4.78, 5) is 14.1. The summed E-state index contributed by atoms with van der Waals surface area (Å²) in [7, 11) is 0. The summed E-state index contributed by atoms with van der Waals surface area (Å²) in [5, 5.41) is 0. The van der Waals surface area contributed by atoms with Gasteiger partial charge in [-0.15, -0.1) is 0 Å². The van der Waals surface area contributed by atoms with Crippen LogP contribution in [0, 0.1) is 5.92 Å². The lowest BCUT2D eigenvalue weighted by Gasteiger charge is -2.22. The van der Waals surface area contributed by atoms with Crippen LogP contribution in [-0.2, 0) is 10.2 Å². The fourth-order valence-electron chi connectivity index (χ4n) is 1.83. The largest absolute Gasteiger partial charge is 0.445 e. The summed E-state index contributed by atoms with van der Waals surface area (Å²) in [6, 6.07) is 3.89. The highest BCUT2D eigenvalue weighted by Gasteiger charge is 2.24. The van der Waals surface area contributed by atoms with Gasteiger partial charge in [-0.1, -0.05) is 48.0 Å². The molecule has 1 rings (SSSR count). The molecule has 3 heteroatoms. The van der Waals surface area contributed by atoms with Crippen molar-refractivity contribution in [3.05, 3.63) is 17.9 Å². The van der Waals surface area contributed by atoms with Crippen LogP contribution in [0.5, 0.6) is 0 Å². The Morgan fingerprint density at radius 1 is 1.32 bits per heavy atom.